The van der Waals surface area contributed by atoms with E-state index in [0.717, 1.165) is 42.2 Å². The molecule has 3 fully saturated rings. The number of aryl methyl sites for hydroxylation is 1. The van der Waals surface area contributed by atoms with Crippen molar-refractivity contribution in [2.75, 3.05) is 27.2 Å². The van der Waals surface area contributed by atoms with Crippen molar-refractivity contribution in [2.24, 2.45) is 11.8 Å². The van der Waals surface area contributed by atoms with Crippen LogP contribution in [0.1, 0.15) is 64.4 Å². The lowest BCUT2D eigenvalue weighted by Gasteiger charge is -2.32. The molecule has 3 heterocycles. The smallest absolute Gasteiger partial charge is 0.317 e. The molecule has 1 aromatic heterocycles. The van der Waals surface area contributed by atoms with Gasteiger partial charge in [-0.05, 0) is 56.1 Å². The molecule has 2 saturated carbocycles. The third-order valence-electron chi connectivity index (χ3n) is 11.6. The summed E-state index contributed by atoms with van der Waals surface area (Å²) in [4.78, 5) is 64.1. The van der Waals surface area contributed by atoms with E-state index in [1.165, 1.54) is 11.0 Å². The fraction of sp³-hybridized carbons (Fsp3) is 0.500. The normalized spacial score (nSPS) is 25.6. The number of urea groups is 1. The van der Waals surface area contributed by atoms with E-state index in [0.29, 0.717) is 42.1 Å². The lowest BCUT2D eigenvalue weighted by molar-refractivity contribution is -0.141. The Hall–Kier alpha value is -5.18. The van der Waals surface area contributed by atoms with E-state index in [9.17, 15) is 27.6 Å². The summed E-state index contributed by atoms with van der Waals surface area (Å²) in [6.07, 6.45) is 5.14. The van der Waals surface area contributed by atoms with Crippen LogP contribution in [0.15, 0.2) is 61.2 Å². The Morgan fingerprint density at radius 3 is 2.53 bits per heavy atom. The van der Waals surface area contributed by atoms with Crippen LogP contribution in [0.2, 0.25) is 0 Å². The minimum atomic E-state index is -3.90. The van der Waals surface area contributed by atoms with Gasteiger partial charge >= 0.3 is 6.03 Å². The Balaban J connectivity index is 1.27. The second-order valence-corrected chi connectivity index (χ2v) is 18.1. The Morgan fingerprint density at radius 2 is 1.86 bits per heavy atom. The molecule has 0 spiro atoms. The number of benzene rings is 2. The SMILES string of the molecule is C=C[C@H]1C[C@]1(NC(=O)[C@@H]1C[C@@H]2CN1C(=O)[C@H](C(C)C)NC(=O)N(C)CCCCCc1cc3c(cc(-c4ccccc4)nc3cc1OC)O2)C(=O)NS(=O)(=O)C1CC1. The molecule has 2 aliphatic heterocycles. The van der Waals surface area contributed by atoms with Gasteiger partial charge in [0, 0.05) is 49.0 Å². The molecule has 5 atom stereocenters. The fourth-order valence-electron chi connectivity index (χ4n) is 7.96. The zero-order valence-electron chi connectivity index (χ0n) is 33.0. The van der Waals surface area contributed by atoms with E-state index < -0.39 is 68.7 Å². The van der Waals surface area contributed by atoms with Gasteiger partial charge in [0.1, 0.15) is 35.2 Å². The number of aromatic nitrogens is 1. The molecule has 3 aromatic rings. The highest BCUT2D eigenvalue weighted by Crippen LogP contribution is 2.46. The number of pyridine rings is 1. The minimum Gasteiger partial charge on any atom is -0.496 e. The van der Waals surface area contributed by atoms with Crippen LogP contribution in [-0.4, -0.2) is 103 Å². The number of hydrogen-bond acceptors (Lipinski definition) is 9. The van der Waals surface area contributed by atoms with E-state index >= 15 is 0 Å². The molecule has 7 rings (SSSR count). The van der Waals surface area contributed by atoms with E-state index in [1.807, 2.05) is 62.4 Å². The number of rotatable bonds is 9. The van der Waals surface area contributed by atoms with Gasteiger partial charge in [-0.1, -0.05) is 56.7 Å². The number of fused-ring (bicyclic) bond motifs is 3. The molecule has 4 bridgehead atoms. The maximum Gasteiger partial charge on any atom is 0.317 e. The third-order valence-corrected chi connectivity index (χ3v) is 13.5. The summed E-state index contributed by atoms with van der Waals surface area (Å²) >= 11 is 0. The Kier molecular flexibility index (Phi) is 11.2. The number of carbonyl (C=O) groups is 4. The van der Waals surface area contributed by atoms with Gasteiger partial charge in [-0.2, -0.15) is 0 Å². The standard InChI is InChI=1S/C42H52N6O8S/c1-6-28-23-42(28,40(51)46-57(53,54)30-16-17-30)45-38(49)34-20-29-24-48(34)39(50)37(25(2)3)44-41(52)47(4)18-12-8-11-15-27-19-31-33(22-35(27)55-5)43-32(21-36(31)56-29)26-13-9-7-10-14-26/h6-7,9-10,13-14,19,21-22,25,28-30,34,37H,1,8,11-12,15-18,20,23-24H2,2-5H3,(H,44,52)(H,45,49)(H,46,51)/t28-,29+,34-,37-,42+/m0/s1. The number of sulfonamides is 1. The van der Waals surface area contributed by atoms with Crippen LogP contribution in [0.3, 0.4) is 0 Å². The number of methoxy groups -OCH3 is 1. The molecule has 57 heavy (non-hydrogen) atoms. The van der Waals surface area contributed by atoms with Crippen LogP contribution in [0.5, 0.6) is 11.5 Å². The highest BCUT2D eigenvalue weighted by Gasteiger charge is 2.62. The van der Waals surface area contributed by atoms with Gasteiger partial charge in [0.15, 0.2) is 0 Å². The first-order valence-electron chi connectivity index (χ1n) is 19.8. The third kappa shape index (κ3) is 8.30. The number of hydrogen-bond donors (Lipinski definition) is 3. The molecule has 15 heteroatoms. The van der Waals surface area contributed by atoms with Crippen molar-refractivity contribution in [3.8, 4) is 22.8 Å². The number of carbonyl (C=O) groups excluding carboxylic acids is 4. The van der Waals surface area contributed by atoms with E-state index in [2.05, 4.69) is 21.9 Å². The van der Waals surface area contributed by atoms with Gasteiger partial charge in [0.05, 0.1) is 30.1 Å². The first-order chi connectivity index (χ1) is 27.2. The van der Waals surface area contributed by atoms with Gasteiger partial charge in [-0.15, -0.1) is 6.58 Å². The largest absolute Gasteiger partial charge is 0.496 e. The molecule has 3 N–H and O–H groups in total. The van der Waals surface area contributed by atoms with Gasteiger partial charge in [-0.25, -0.2) is 18.2 Å². The molecule has 0 radical (unpaired) electrons. The highest BCUT2D eigenvalue weighted by molar-refractivity contribution is 7.91. The Bertz CT molecular complexity index is 2180. The quantitative estimate of drug-likeness (QED) is 0.266. The molecule has 1 saturated heterocycles. The zero-order valence-corrected chi connectivity index (χ0v) is 33.8. The van der Waals surface area contributed by atoms with Crippen molar-refractivity contribution >= 4 is 44.7 Å². The van der Waals surface area contributed by atoms with Crippen LogP contribution in [0, 0.1) is 11.8 Å². The summed E-state index contributed by atoms with van der Waals surface area (Å²) in [5.41, 5.74) is 1.63. The predicted molar refractivity (Wildman–Crippen MR) is 215 cm³/mol. The fourth-order valence-corrected chi connectivity index (χ4v) is 9.32. The Labute approximate surface area is 333 Å². The minimum absolute atomic E-state index is 0.000505. The van der Waals surface area contributed by atoms with Crippen molar-refractivity contribution in [3.63, 3.8) is 0 Å². The summed E-state index contributed by atoms with van der Waals surface area (Å²) < 4.78 is 40.4. The maximum atomic E-state index is 14.6. The first kappa shape index (κ1) is 40.0. The molecular weight excluding hydrogens is 749 g/mol. The molecule has 0 unspecified atom stereocenters. The van der Waals surface area contributed by atoms with Crippen LogP contribution >= 0.6 is 0 Å². The Morgan fingerprint density at radius 1 is 1.11 bits per heavy atom. The molecular formula is C42H52N6O8S. The summed E-state index contributed by atoms with van der Waals surface area (Å²) in [7, 11) is -0.579. The molecule has 2 aromatic carbocycles. The number of ether oxygens (including phenoxy) is 2. The lowest BCUT2D eigenvalue weighted by atomic mass is 10.0. The van der Waals surface area contributed by atoms with Gasteiger partial charge in [0.25, 0.3) is 5.91 Å². The van der Waals surface area contributed by atoms with Crippen LogP contribution < -0.4 is 24.8 Å². The van der Waals surface area contributed by atoms with Gasteiger partial charge < -0.3 is 29.9 Å². The van der Waals surface area contributed by atoms with Crippen LogP contribution in [0.25, 0.3) is 22.2 Å². The van der Waals surface area contributed by atoms with Crippen molar-refractivity contribution in [2.45, 2.75) is 94.2 Å². The average Bonchev–Trinajstić information content (AvgIpc) is 4.12. The van der Waals surface area contributed by atoms with Gasteiger partial charge in [-0.3, -0.25) is 19.1 Å². The first-order valence-corrected chi connectivity index (χ1v) is 21.4. The van der Waals surface area contributed by atoms with Crippen LogP contribution in [0.4, 0.5) is 4.79 Å². The number of nitrogens with one attached hydrogen (secondary N) is 3. The highest BCUT2D eigenvalue weighted by atomic mass is 32.2. The summed E-state index contributed by atoms with van der Waals surface area (Å²) in [6, 6.07) is 13.0. The predicted octanol–water partition coefficient (Wildman–Crippen LogP) is 4.32. The van der Waals surface area contributed by atoms with Crippen molar-refractivity contribution in [3.05, 3.63) is 66.7 Å². The maximum absolute atomic E-state index is 14.6. The topological polar surface area (TPSA) is 176 Å². The second-order valence-electron chi connectivity index (χ2n) is 16.1. The molecule has 4 aliphatic rings. The van der Waals surface area contributed by atoms with Crippen molar-refractivity contribution in [1.29, 1.82) is 0 Å². The lowest BCUT2D eigenvalue weighted by Crippen LogP contribution is -2.59. The summed E-state index contributed by atoms with van der Waals surface area (Å²) in [5, 5.41) is 5.88. The zero-order chi connectivity index (χ0) is 40.6. The molecule has 14 nitrogen and oxygen atoms in total. The van der Waals surface area contributed by atoms with Gasteiger partial charge in [0.2, 0.25) is 21.8 Å². The monoisotopic (exact) mass is 800 g/mol. The summed E-state index contributed by atoms with van der Waals surface area (Å²) in [5.74, 6) is -1.56. The molecule has 304 valence electrons. The van der Waals surface area contributed by atoms with Crippen molar-refractivity contribution < 1.29 is 37.1 Å². The number of nitrogens with zero attached hydrogens (tertiary/aromatic N) is 3. The van der Waals surface area contributed by atoms with Crippen LogP contribution in [-0.2, 0) is 30.8 Å². The van der Waals surface area contributed by atoms with E-state index in [-0.39, 0.29) is 25.3 Å². The molecule has 5 amide bonds. The van der Waals surface area contributed by atoms with E-state index in [4.69, 9.17) is 14.5 Å². The second kappa shape index (κ2) is 16.0. The molecule has 2 aliphatic carbocycles. The van der Waals surface area contributed by atoms with E-state index in [1.54, 1.807) is 19.1 Å². The summed E-state index contributed by atoms with van der Waals surface area (Å²) in [6.45, 7) is 7.94. The number of amides is 5. The van der Waals surface area contributed by atoms with Crippen molar-refractivity contribution in [1.82, 2.24) is 30.1 Å². The average molecular weight is 801 g/mol.